The molecule has 12 heavy (non-hydrogen) atoms. The molecule has 0 saturated carbocycles. The van der Waals surface area contributed by atoms with E-state index >= 15 is 0 Å². The molecule has 0 heterocycles. The van der Waals surface area contributed by atoms with Gasteiger partial charge >= 0.3 is 0 Å². The zero-order chi connectivity index (χ0) is 9.94. The van der Waals surface area contributed by atoms with Crippen LogP contribution in [-0.2, 0) is 0 Å². The van der Waals surface area contributed by atoms with Gasteiger partial charge in [-0.05, 0) is 42.3 Å². The highest BCUT2D eigenvalue weighted by Crippen LogP contribution is 2.23. The van der Waals surface area contributed by atoms with Crippen LogP contribution in [0.15, 0.2) is 0 Å². The smallest absolute Gasteiger partial charge is 0.0996 e. The summed E-state index contributed by atoms with van der Waals surface area (Å²) >= 11 is 0. The standard InChI is InChI=1S/C8H22N3P/c1-9(2)7-8(12,10(3)4)11(5)6/h7,12H2,1-6H3. The molecule has 0 aromatic rings. The van der Waals surface area contributed by atoms with E-state index in [1.165, 1.54) is 0 Å². The molecule has 0 aromatic heterocycles. The van der Waals surface area contributed by atoms with E-state index in [1.807, 2.05) is 0 Å². The van der Waals surface area contributed by atoms with Crippen molar-refractivity contribution in [2.24, 2.45) is 0 Å². The van der Waals surface area contributed by atoms with Crippen LogP contribution in [0.5, 0.6) is 0 Å². The molecule has 3 nitrogen and oxygen atoms in total. The largest absolute Gasteiger partial charge is 0.306 e. The van der Waals surface area contributed by atoms with Crippen LogP contribution in [0.1, 0.15) is 0 Å². The molecular weight excluding hydrogens is 169 g/mol. The van der Waals surface area contributed by atoms with Crippen molar-refractivity contribution >= 4 is 9.24 Å². The summed E-state index contributed by atoms with van der Waals surface area (Å²) in [4.78, 5) is 6.60. The van der Waals surface area contributed by atoms with Crippen molar-refractivity contribution in [3.8, 4) is 0 Å². The molecule has 4 heteroatoms. The molecule has 0 saturated heterocycles. The minimum absolute atomic E-state index is 0.0313. The van der Waals surface area contributed by atoms with Gasteiger partial charge in [0, 0.05) is 6.54 Å². The molecule has 1 unspecified atom stereocenters. The molecule has 74 valence electrons. The van der Waals surface area contributed by atoms with Crippen molar-refractivity contribution < 1.29 is 0 Å². The molecule has 0 fully saturated rings. The van der Waals surface area contributed by atoms with Gasteiger partial charge in [0.15, 0.2) is 0 Å². The van der Waals surface area contributed by atoms with Gasteiger partial charge in [0.05, 0.1) is 5.40 Å². The van der Waals surface area contributed by atoms with Crippen LogP contribution < -0.4 is 0 Å². The van der Waals surface area contributed by atoms with Gasteiger partial charge < -0.3 is 4.90 Å². The minimum Gasteiger partial charge on any atom is -0.306 e. The summed E-state index contributed by atoms with van der Waals surface area (Å²) in [5, 5.41) is 0.0313. The fraction of sp³-hybridized carbons (Fsp3) is 1.00. The van der Waals surface area contributed by atoms with Crippen molar-refractivity contribution in [2.75, 3.05) is 48.8 Å². The lowest BCUT2D eigenvalue weighted by molar-refractivity contribution is 0.0652. The summed E-state index contributed by atoms with van der Waals surface area (Å²) in [5.41, 5.74) is 0. The lowest BCUT2D eigenvalue weighted by atomic mass is 10.4. The van der Waals surface area contributed by atoms with E-state index in [-0.39, 0.29) is 5.40 Å². The molecule has 0 N–H and O–H groups in total. The second kappa shape index (κ2) is 4.52. The van der Waals surface area contributed by atoms with Gasteiger partial charge in [-0.25, -0.2) is 0 Å². The molecule has 0 aromatic carbocycles. The Kier molecular flexibility index (Phi) is 4.64. The third kappa shape index (κ3) is 2.98. The van der Waals surface area contributed by atoms with Gasteiger partial charge in [0.1, 0.15) is 0 Å². The van der Waals surface area contributed by atoms with E-state index in [0.717, 1.165) is 6.54 Å². The van der Waals surface area contributed by atoms with Crippen molar-refractivity contribution in [2.45, 2.75) is 5.40 Å². The number of nitrogens with zero attached hydrogens (tertiary/aromatic N) is 3. The Labute approximate surface area is 78.9 Å². The van der Waals surface area contributed by atoms with Crippen LogP contribution >= 0.6 is 9.24 Å². The summed E-state index contributed by atoms with van der Waals surface area (Å²) in [6, 6.07) is 0. The minimum atomic E-state index is 0.0313. The van der Waals surface area contributed by atoms with E-state index in [4.69, 9.17) is 0 Å². The Morgan fingerprint density at radius 2 is 1.25 bits per heavy atom. The van der Waals surface area contributed by atoms with Crippen LogP contribution in [0.4, 0.5) is 0 Å². The van der Waals surface area contributed by atoms with Crippen molar-refractivity contribution in [3.05, 3.63) is 0 Å². The number of hydrogen-bond acceptors (Lipinski definition) is 3. The topological polar surface area (TPSA) is 9.72 Å². The van der Waals surface area contributed by atoms with Gasteiger partial charge in [-0.1, -0.05) is 9.24 Å². The molecule has 1 atom stereocenters. The average molecular weight is 191 g/mol. The highest BCUT2D eigenvalue weighted by Gasteiger charge is 2.29. The first-order chi connectivity index (χ1) is 5.30. The quantitative estimate of drug-likeness (QED) is 0.464. The summed E-state index contributed by atoms with van der Waals surface area (Å²) < 4.78 is 0. The lowest BCUT2D eigenvalue weighted by Crippen LogP contribution is -2.55. The third-order valence-corrected chi connectivity index (χ3v) is 3.31. The first-order valence-corrected chi connectivity index (χ1v) is 4.67. The maximum atomic E-state index is 2.90. The molecule has 0 amide bonds. The van der Waals surface area contributed by atoms with Crippen LogP contribution in [0.2, 0.25) is 0 Å². The number of likely N-dealkylation sites (N-methyl/N-ethyl adjacent to an activating group) is 3. The number of hydrogen-bond donors (Lipinski definition) is 0. The molecule has 0 aliphatic carbocycles. The van der Waals surface area contributed by atoms with Crippen LogP contribution in [0.3, 0.4) is 0 Å². The summed E-state index contributed by atoms with van der Waals surface area (Å²) in [6.07, 6.45) is 0. The Morgan fingerprint density at radius 3 is 1.33 bits per heavy atom. The Morgan fingerprint density at radius 1 is 0.917 bits per heavy atom. The Bertz CT molecular complexity index is 126. The van der Waals surface area contributed by atoms with E-state index in [9.17, 15) is 0 Å². The normalized spacial score (nSPS) is 13.5. The highest BCUT2D eigenvalue weighted by atomic mass is 31.0. The summed E-state index contributed by atoms with van der Waals surface area (Å²) in [5.74, 6) is 0. The first kappa shape index (κ1) is 12.3. The zero-order valence-electron chi connectivity index (χ0n) is 9.13. The van der Waals surface area contributed by atoms with Gasteiger partial charge in [0.2, 0.25) is 0 Å². The van der Waals surface area contributed by atoms with Gasteiger partial charge in [-0.2, -0.15) is 0 Å². The monoisotopic (exact) mass is 191 g/mol. The third-order valence-electron chi connectivity index (χ3n) is 2.10. The molecule has 0 rings (SSSR count). The van der Waals surface area contributed by atoms with Crippen molar-refractivity contribution in [3.63, 3.8) is 0 Å². The predicted octanol–water partition coefficient (Wildman–Crippen LogP) is 0.200. The predicted molar refractivity (Wildman–Crippen MR) is 58.4 cm³/mol. The number of rotatable bonds is 4. The fourth-order valence-corrected chi connectivity index (χ4v) is 1.51. The van der Waals surface area contributed by atoms with Crippen LogP contribution in [0.25, 0.3) is 0 Å². The Hall–Kier alpha value is 0.310. The molecular formula is C8H22N3P. The van der Waals surface area contributed by atoms with E-state index in [1.54, 1.807) is 0 Å². The van der Waals surface area contributed by atoms with Crippen molar-refractivity contribution in [1.29, 1.82) is 0 Å². The fourth-order valence-electron chi connectivity index (χ4n) is 1.15. The second-order valence-corrected chi connectivity index (χ2v) is 4.83. The maximum absolute atomic E-state index is 2.90. The Balaban J connectivity index is 4.40. The summed E-state index contributed by atoms with van der Waals surface area (Å²) in [6.45, 7) is 0.998. The molecule has 0 aliphatic rings. The average Bonchev–Trinajstić information content (AvgIpc) is 1.84. The van der Waals surface area contributed by atoms with E-state index < -0.39 is 0 Å². The first-order valence-electron chi connectivity index (χ1n) is 4.09. The lowest BCUT2D eigenvalue weighted by Gasteiger charge is -2.43. The van der Waals surface area contributed by atoms with Crippen LogP contribution in [-0.4, -0.2) is 68.9 Å². The molecule has 0 aliphatic heterocycles. The summed E-state index contributed by atoms with van der Waals surface area (Å²) in [7, 11) is 15.5. The maximum Gasteiger partial charge on any atom is 0.0996 e. The van der Waals surface area contributed by atoms with Gasteiger partial charge in [-0.3, -0.25) is 9.80 Å². The van der Waals surface area contributed by atoms with Crippen LogP contribution in [0, 0.1) is 0 Å². The van der Waals surface area contributed by atoms with E-state index in [0.29, 0.717) is 0 Å². The second-order valence-electron chi connectivity index (χ2n) is 3.91. The SMILES string of the molecule is CN(C)CC(P)(N(C)C)N(C)C. The van der Waals surface area contributed by atoms with E-state index in [2.05, 4.69) is 66.2 Å². The van der Waals surface area contributed by atoms with Gasteiger partial charge in [-0.15, -0.1) is 0 Å². The van der Waals surface area contributed by atoms with Gasteiger partial charge in [0.25, 0.3) is 0 Å². The zero-order valence-corrected chi connectivity index (χ0v) is 10.3. The van der Waals surface area contributed by atoms with Crippen molar-refractivity contribution in [1.82, 2.24) is 14.7 Å². The molecule has 0 spiro atoms. The molecule has 0 radical (unpaired) electrons. The molecule has 0 bridgehead atoms. The highest BCUT2D eigenvalue weighted by molar-refractivity contribution is 7.18.